The Morgan fingerprint density at radius 3 is 3.06 bits per heavy atom. The van der Waals surface area contributed by atoms with Crippen LogP contribution >= 0.6 is 0 Å². The minimum Gasteiger partial charge on any atom is -0.396 e. The smallest absolute Gasteiger partial charge is 0.125 e. The van der Waals surface area contributed by atoms with Crippen LogP contribution in [0.5, 0.6) is 0 Å². The van der Waals surface area contributed by atoms with Gasteiger partial charge >= 0.3 is 0 Å². The van der Waals surface area contributed by atoms with E-state index in [1.165, 1.54) is 12.1 Å². The lowest BCUT2D eigenvalue weighted by molar-refractivity contribution is 0.276. The normalized spacial score (nSPS) is 10.6. The minimum absolute atomic E-state index is 0.136. The Balaban J connectivity index is 1.88. The van der Waals surface area contributed by atoms with Gasteiger partial charge in [-0.3, -0.25) is 4.68 Å². The van der Waals surface area contributed by atoms with E-state index >= 15 is 0 Å². The highest BCUT2D eigenvalue weighted by Crippen LogP contribution is 2.10. The molecule has 0 bridgehead atoms. The lowest BCUT2D eigenvalue weighted by Crippen LogP contribution is -2.01. The molecular weight excluding hydrogens is 235 g/mol. The lowest BCUT2D eigenvalue weighted by Gasteiger charge is -2.03. The van der Waals surface area contributed by atoms with E-state index in [0.29, 0.717) is 25.2 Å². The van der Waals surface area contributed by atoms with Gasteiger partial charge in [0.2, 0.25) is 0 Å². The van der Waals surface area contributed by atoms with Gasteiger partial charge in [0.25, 0.3) is 0 Å². The maximum atomic E-state index is 12.9. The molecule has 0 atom stereocenters. The number of aliphatic hydroxyl groups is 1. The summed E-state index contributed by atoms with van der Waals surface area (Å²) >= 11 is 0. The van der Waals surface area contributed by atoms with E-state index in [1.54, 1.807) is 16.8 Å². The Labute approximate surface area is 104 Å². The van der Waals surface area contributed by atoms with Gasteiger partial charge in [-0.25, -0.2) is 4.39 Å². The second kappa shape index (κ2) is 6.11. The van der Waals surface area contributed by atoms with Crippen LogP contribution in [0.15, 0.2) is 30.5 Å². The second-order valence-corrected chi connectivity index (χ2v) is 3.91. The Morgan fingerprint density at radius 2 is 2.28 bits per heavy atom. The van der Waals surface area contributed by atoms with Gasteiger partial charge in [0.15, 0.2) is 0 Å². The molecule has 2 aromatic rings. The number of aliphatic hydroxyl groups excluding tert-OH is 1. The molecular formula is C12H15FN4O. The summed E-state index contributed by atoms with van der Waals surface area (Å²) in [5.41, 5.74) is 1.48. The summed E-state index contributed by atoms with van der Waals surface area (Å²) in [5, 5.41) is 19.7. The Bertz CT molecular complexity index is 500. The van der Waals surface area contributed by atoms with Crippen LogP contribution in [0.4, 0.5) is 10.1 Å². The molecule has 0 saturated heterocycles. The van der Waals surface area contributed by atoms with Crippen LogP contribution in [0.2, 0.25) is 0 Å². The molecule has 0 spiro atoms. The fraction of sp³-hybridized carbons (Fsp3) is 0.333. The summed E-state index contributed by atoms with van der Waals surface area (Å²) in [5.74, 6) is -0.272. The number of nitrogens with zero attached hydrogens (tertiary/aromatic N) is 3. The Hall–Kier alpha value is -1.95. The first-order valence-electron chi connectivity index (χ1n) is 5.77. The molecule has 2 rings (SSSR count). The van der Waals surface area contributed by atoms with Crippen LogP contribution in [-0.4, -0.2) is 26.7 Å². The van der Waals surface area contributed by atoms with Crippen molar-refractivity contribution in [3.63, 3.8) is 0 Å². The Morgan fingerprint density at radius 1 is 1.39 bits per heavy atom. The van der Waals surface area contributed by atoms with Crippen molar-refractivity contribution in [2.24, 2.45) is 0 Å². The summed E-state index contributed by atoms with van der Waals surface area (Å²) in [6.07, 6.45) is 2.46. The van der Waals surface area contributed by atoms with Crippen LogP contribution in [-0.2, 0) is 13.1 Å². The van der Waals surface area contributed by atoms with Gasteiger partial charge in [-0.15, -0.1) is 5.10 Å². The van der Waals surface area contributed by atoms with Gasteiger partial charge in [0, 0.05) is 18.8 Å². The lowest BCUT2D eigenvalue weighted by atomic mass is 10.3. The van der Waals surface area contributed by atoms with Crippen molar-refractivity contribution in [1.29, 1.82) is 0 Å². The van der Waals surface area contributed by atoms with E-state index in [2.05, 4.69) is 15.6 Å². The van der Waals surface area contributed by atoms with Crippen molar-refractivity contribution in [2.75, 3.05) is 11.9 Å². The number of halogens is 1. The van der Waals surface area contributed by atoms with Crippen LogP contribution < -0.4 is 5.32 Å². The van der Waals surface area contributed by atoms with Crippen LogP contribution in [0.25, 0.3) is 0 Å². The molecule has 0 fully saturated rings. The zero-order valence-corrected chi connectivity index (χ0v) is 9.88. The van der Waals surface area contributed by atoms with Gasteiger partial charge in [0.1, 0.15) is 11.5 Å². The Kier molecular flexibility index (Phi) is 4.25. The van der Waals surface area contributed by atoms with Crippen LogP contribution in [0.3, 0.4) is 0 Å². The van der Waals surface area contributed by atoms with E-state index in [4.69, 9.17) is 5.11 Å². The molecule has 18 heavy (non-hydrogen) atoms. The first-order valence-corrected chi connectivity index (χ1v) is 5.77. The highest BCUT2D eigenvalue weighted by Gasteiger charge is 2.01. The first kappa shape index (κ1) is 12.5. The predicted octanol–water partition coefficient (Wildman–Crippen LogP) is 1.41. The number of benzene rings is 1. The van der Waals surface area contributed by atoms with Gasteiger partial charge in [-0.1, -0.05) is 11.3 Å². The van der Waals surface area contributed by atoms with Gasteiger partial charge in [0.05, 0.1) is 12.7 Å². The van der Waals surface area contributed by atoms with Gasteiger partial charge in [-0.2, -0.15) is 0 Å². The topological polar surface area (TPSA) is 63.0 Å². The molecule has 0 saturated carbocycles. The third kappa shape index (κ3) is 3.53. The van der Waals surface area contributed by atoms with Crippen LogP contribution in [0, 0.1) is 5.82 Å². The minimum atomic E-state index is -0.272. The molecule has 1 aromatic heterocycles. The van der Waals surface area contributed by atoms with E-state index < -0.39 is 0 Å². The zero-order chi connectivity index (χ0) is 12.8. The van der Waals surface area contributed by atoms with Crippen molar-refractivity contribution in [3.8, 4) is 0 Å². The standard InChI is InChI=1S/C12H15FN4O/c13-10-3-1-4-11(7-10)14-8-12-9-17(16-15-12)5-2-6-18/h1,3-4,7,9,14,18H,2,5-6,8H2. The molecule has 0 unspecified atom stereocenters. The van der Waals surface area contributed by atoms with Crippen molar-refractivity contribution in [1.82, 2.24) is 15.0 Å². The quantitative estimate of drug-likeness (QED) is 0.813. The molecule has 0 aliphatic rings. The summed E-state index contributed by atoms with van der Waals surface area (Å²) in [4.78, 5) is 0. The first-order chi connectivity index (χ1) is 8.78. The molecule has 5 nitrogen and oxygen atoms in total. The third-order valence-electron chi connectivity index (χ3n) is 2.43. The molecule has 1 heterocycles. The van der Waals surface area contributed by atoms with Gasteiger partial charge in [-0.05, 0) is 24.6 Å². The number of aromatic nitrogens is 3. The van der Waals surface area contributed by atoms with Crippen molar-refractivity contribution in [3.05, 3.63) is 42.0 Å². The molecule has 6 heteroatoms. The molecule has 0 radical (unpaired) electrons. The number of anilines is 1. The largest absolute Gasteiger partial charge is 0.396 e. The summed E-state index contributed by atoms with van der Waals surface area (Å²) in [7, 11) is 0. The highest BCUT2D eigenvalue weighted by atomic mass is 19.1. The van der Waals surface area contributed by atoms with Crippen LogP contribution in [0.1, 0.15) is 12.1 Å². The number of hydrogen-bond donors (Lipinski definition) is 2. The summed E-state index contributed by atoms with van der Waals surface area (Å²) in [6, 6.07) is 6.27. The van der Waals surface area contributed by atoms with Crippen molar-refractivity contribution >= 4 is 5.69 Å². The molecule has 1 aromatic carbocycles. The van der Waals surface area contributed by atoms with Crippen molar-refractivity contribution < 1.29 is 9.50 Å². The van der Waals surface area contributed by atoms with E-state index in [1.807, 2.05) is 6.20 Å². The fourth-order valence-corrected chi connectivity index (χ4v) is 1.55. The third-order valence-corrected chi connectivity index (χ3v) is 2.43. The van der Waals surface area contributed by atoms with E-state index in [0.717, 1.165) is 5.69 Å². The summed E-state index contributed by atoms with van der Waals surface area (Å²) < 4.78 is 14.6. The average Bonchev–Trinajstić information content (AvgIpc) is 2.82. The van der Waals surface area contributed by atoms with Gasteiger partial charge < -0.3 is 10.4 Å². The molecule has 0 amide bonds. The fourth-order valence-electron chi connectivity index (χ4n) is 1.55. The molecule has 0 aliphatic carbocycles. The number of aryl methyl sites for hydroxylation is 1. The monoisotopic (exact) mass is 250 g/mol. The highest BCUT2D eigenvalue weighted by molar-refractivity contribution is 5.43. The van der Waals surface area contributed by atoms with E-state index in [-0.39, 0.29) is 12.4 Å². The average molecular weight is 250 g/mol. The summed E-state index contributed by atoms with van der Waals surface area (Å²) in [6.45, 7) is 1.27. The zero-order valence-electron chi connectivity index (χ0n) is 9.88. The molecule has 0 aliphatic heterocycles. The number of nitrogens with one attached hydrogen (secondary N) is 1. The molecule has 96 valence electrons. The van der Waals surface area contributed by atoms with Crippen molar-refractivity contribution in [2.45, 2.75) is 19.5 Å². The number of rotatable bonds is 6. The molecule has 2 N–H and O–H groups in total. The SMILES string of the molecule is OCCCn1cc(CNc2cccc(F)c2)nn1. The predicted molar refractivity (Wildman–Crippen MR) is 65.5 cm³/mol. The maximum absolute atomic E-state index is 12.9. The second-order valence-electron chi connectivity index (χ2n) is 3.91. The number of hydrogen-bond acceptors (Lipinski definition) is 4. The maximum Gasteiger partial charge on any atom is 0.125 e. The van der Waals surface area contributed by atoms with E-state index in [9.17, 15) is 4.39 Å².